The maximum atomic E-state index is 12.3. The number of carbonyl (C=O) groups is 1. The van der Waals surface area contributed by atoms with Gasteiger partial charge in [-0.3, -0.25) is 4.79 Å². The molecule has 0 bridgehead atoms. The van der Waals surface area contributed by atoms with E-state index in [1.807, 2.05) is 35.2 Å². The summed E-state index contributed by atoms with van der Waals surface area (Å²) in [5.41, 5.74) is 1.21. The third-order valence-corrected chi connectivity index (χ3v) is 4.10. The van der Waals surface area contributed by atoms with Gasteiger partial charge in [0.05, 0.1) is 0 Å². The molecule has 0 saturated carbocycles. The van der Waals surface area contributed by atoms with Crippen LogP contribution in [0.5, 0.6) is 5.88 Å². The van der Waals surface area contributed by atoms with Crippen LogP contribution in [0, 0.1) is 0 Å². The molecule has 5 heteroatoms. The Morgan fingerprint density at radius 1 is 1.13 bits per heavy atom. The van der Waals surface area contributed by atoms with Crippen LogP contribution in [0.4, 0.5) is 0 Å². The molecule has 2 aromatic rings. The van der Waals surface area contributed by atoms with E-state index in [1.54, 1.807) is 6.20 Å². The summed E-state index contributed by atoms with van der Waals surface area (Å²) in [5.74, 6) is 0.785. The number of piperidine rings is 1. The predicted octanol–water partition coefficient (Wildman–Crippen LogP) is 2.48. The highest BCUT2D eigenvalue weighted by molar-refractivity contribution is 5.76. The summed E-state index contributed by atoms with van der Waals surface area (Å²) in [6, 6.07) is 13.8. The van der Waals surface area contributed by atoms with Crippen LogP contribution in [0.15, 0.2) is 48.7 Å². The highest BCUT2D eigenvalue weighted by atomic mass is 16.5. The van der Waals surface area contributed by atoms with Crippen LogP contribution in [0.3, 0.4) is 0 Å². The number of aryl methyl sites for hydroxylation is 1. The molecule has 3 rings (SSSR count). The molecule has 1 saturated heterocycles. The number of benzene rings is 1. The van der Waals surface area contributed by atoms with E-state index in [1.165, 1.54) is 5.56 Å². The van der Waals surface area contributed by atoms with Gasteiger partial charge in [0.1, 0.15) is 6.10 Å². The van der Waals surface area contributed by atoms with Crippen LogP contribution in [0.25, 0.3) is 0 Å². The molecular weight excluding hydrogens is 290 g/mol. The Balaban J connectivity index is 1.42. The minimum atomic E-state index is 0.116. The van der Waals surface area contributed by atoms with Gasteiger partial charge >= 0.3 is 0 Å². The van der Waals surface area contributed by atoms with Crippen LogP contribution >= 0.6 is 0 Å². The molecule has 0 radical (unpaired) electrons. The molecule has 1 aromatic carbocycles. The van der Waals surface area contributed by atoms with Crippen LogP contribution in [0.1, 0.15) is 24.8 Å². The van der Waals surface area contributed by atoms with Crippen LogP contribution < -0.4 is 4.74 Å². The van der Waals surface area contributed by atoms with Crippen molar-refractivity contribution in [3.63, 3.8) is 0 Å². The van der Waals surface area contributed by atoms with Crippen LogP contribution in [-0.2, 0) is 11.2 Å². The minimum absolute atomic E-state index is 0.116. The van der Waals surface area contributed by atoms with Crippen LogP contribution in [-0.4, -0.2) is 40.2 Å². The average molecular weight is 311 g/mol. The topological polar surface area (TPSA) is 55.3 Å². The van der Waals surface area contributed by atoms with Gasteiger partial charge in [0.25, 0.3) is 0 Å². The van der Waals surface area contributed by atoms with Gasteiger partial charge < -0.3 is 9.64 Å². The molecule has 0 N–H and O–H groups in total. The van der Waals surface area contributed by atoms with E-state index in [0.29, 0.717) is 12.3 Å². The largest absolute Gasteiger partial charge is 0.473 e. The lowest BCUT2D eigenvalue weighted by molar-refractivity contribution is -0.132. The third-order valence-electron chi connectivity index (χ3n) is 4.10. The number of amides is 1. The smallest absolute Gasteiger partial charge is 0.233 e. The van der Waals surface area contributed by atoms with E-state index >= 15 is 0 Å². The Kier molecular flexibility index (Phi) is 5.19. The third kappa shape index (κ3) is 4.52. The number of aromatic nitrogens is 2. The standard InChI is InChI=1S/C18H21N3O2/c22-18(9-8-15-5-2-1-3-6-15)21-13-10-16(11-14-21)23-17-7-4-12-19-20-17/h1-7,12,16H,8-11,13-14H2. The second-order valence-electron chi connectivity index (χ2n) is 5.75. The molecule has 0 spiro atoms. The van der Waals surface area contributed by atoms with Gasteiger partial charge in [-0.05, 0) is 18.1 Å². The van der Waals surface area contributed by atoms with E-state index in [4.69, 9.17) is 4.74 Å². The fourth-order valence-corrected chi connectivity index (χ4v) is 2.80. The summed E-state index contributed by atoms with van der Waals surface area (Å²) < 4.78 is 5.80. The molecule has 1 fully saturated rings. The van der Waals surface area contributed by atoms with Crippen molar-refractivity contribution in [1.29, 1.82) is 0 Å². The quantitative estimate of drug-likeness (QED) is 0.851. The molecule has 1 aliphatic rings. The van der Waals surface area contributed by atoms with Crippen molar-refractivity contribution in [2.75, 3.05) is 13.1 Å². The van der Waals surface area contributed by atoms with E-state index in [-0.39, 0.29) is 12.0 Å². The Morgan fingerprint density at radius 2 is 1.91 bits per heavy atom. The summed E-state index contributed by atoms with van der Waals surface area (Å²) in [5, 5.41) is 7.74. The SMILES string of the molecule is O=C(CCc1ccccc1)N1CCC(Oc2cccnn2)CC1. The van der Waals surface area contributed by atoms with Crippen LogP contribution in [0.2, 0.25) is 0 Å². The molecule has 0 atom stereocenters. The van der Waals surface area contributed by atoms with E-state index in [2.05, 4.69) is 22.3 Å². The van der Waals surface area contributed by atoms with E-state index in [9.17, 15) is 4.79 Å². The molecule has 120 valence electrons. The first-order valence-electron chi connectivity index (χ1n) is 8.07. The lowest BCUT2D eigenvalue weighted by Crippen LogP contribution is -2.41. The molecule has 23 heavy (non-hydrogen) atoms. The monoisotopic (exact) mass is 311 g/mol. The summed E-state index contributed by atoms with van der Waals surface area (Å²) in [6.07, 6.45) is 4.79. The molecule has 5 nitrogen and oxygen atoms in total. The summed E-state index contributed by atoms with van der Waals surface area (Å²) >= 11 is 0. The maximum Gasteiger partial charge on any atom is 0.233 e. The Morgan fingerprint density at radius 3 is 2.61 bits per heavy atom. The minimum Gasteiger partial charge on any atom is -0.473 e. The molecule has 1 aromatic heterocycles. The van der Waals surface area contributed by atoms with Gasteiger partial charge in [0.15, 0.2) is 0 Å². The number of nitrogens with zero attached hydrogens (tertiary/aromatic N) is 3. The first-order valence-corrected chi connectivity index (χ1v) is 8.07. The normalized spacial score (nSPS) is 15.4. The maximum absolute atomic E-state index is 12.3. The number of hydrogen-bond acceptors (Lipinski definition) is 4. The van der Waals surface area contributed by atoms with Crippen molar-refractivity contribution >= 4 is 5.91 Å². The van der Waals surface area contributed by atoms with Crippen molar-refractivity contribution in [1.82, 2.24) is 15.1 Å². The van der Waals surface area contributed by atoms with Gasteiger partial charge in [-0.1, -0.05) is 30.3 Å². The number of rotatable bonds is 5. The molecule has 0 unspecified atom stereocenters. The first kappa shape index (κ1) is 15.5. The van der Waals surface area contributed by atoms with Crippen molar-refractivity contribution in [2.45, 2.75) is 31.8 Å². The Hall–Kier alpha value is -2.43. The zero-order chi connectivity index (χ0) is 15.9. The fraction of sp³-hybridized carbons (Fsp3) is 0.389. The van der Waals surface area contributed by atoms with Crippen molar-refractivity contribution < 1.29 is 9.53 Å². The number of ether oxygens (including phenoxy) is 1. The lowest BCUT2D eigenvalue weighted by Gasteiger charge is -2.32. The molecule has 2 heterocycles. The molecule has 0 aliphatic carbocycles. The second-order valence-corrected chi connectivity index (χ2v) is 5.75. The van der Waals surface area contributed by atoms with Gasteiger partial charge in [-0.2, -0.15) is 5.10 Å². The summed E-state index contributed by atoms with van der Waals surface area (Å²) in [6.45, 7) is 1.50. The zero-order valence-electron chi connectivity index (χ0n) is 13.1. The fourth-order valence-electron chi connectivity index (χ4n) is 2.80. The highest BCUT2D eigenvalue weighted by Crippen LogP contribution is 2.17. The second kappa shape index (κ2) is 7.72. The van der Waals surface area contributed by atoms with Gasteiger partial charge in [0, 0.05) is 44.6 Å². The van der Waals surface area contributed by atoms with Crippen molar-refractivity contribution in [2.24, 2.45) is 0 Å². The first-order chi connectivity index (χ1) is 11.3. The summed E-state index contributed by atoms with van der Waals surface area (Å²) in [4.78, 5) is 14.2. The van der Waals surface area contributed by atoms with Crippen molar-refractivity contribution in [3.8, 4) is 5.88 Å². The van der Waals surface area contributed by atoms with Crippen molar-refractivity contribution in [3.05, 3.63) is 54.2 Å². The molecule has 1 aliphatic heterocycles. The van der Waals surface area contributed by atoms with Gasteiger partial charge in [-0.25, -0.2) is 0 Å². The molecular formula is C18H21N3O2. The predicted molar refractivity (Wildman–Crippen MR) is 87.0 cm³/mol. The van der Waals surface area contributed by atoms with Gasteiger partial charge in [0.2, 0.25) is 11.8 Å². The van der Waals surface area contributed by atoms with E-state index < -0.39 is 0 Å². The number of hydrogen-bond donors (Lipinski definition) is 0. The van der Waals surface area contributed by atoms with E-state index in [0.717, 1.165) is 32.4 Å². The highest BCUT2D eigenvalue weighted by Gasteiger charge is 2.23. The average Bonchev–Trinajstić information content (AvgIpc) is 2.62. The lowest BCUT2D eigenvalue weighted by atomic mass is 10.1. The number of likely N-dealkylation sites (tertiary alicyclic amines) is 1. The van der Waals surface area contributed by atoms with Gasteiger partial charge in [-0.15, -0.1) is 5.10 Å². The Bertz CT molecular complexity index is 611. The zero-order valence-corrected chi connectivity index (χ0v) is 13.1. The molecule has 1 amide bonds. The number of carbonyl (C=O) groups excluding carboxylic acids is 1. The summed E-state index contributed by atoms with van der Waals surface area (Å²) in [7, 11) is 0. The Labute approximate surface area is 136 Å².